The van der Waals surface area contributed by atoms with E-state index in [0.29, 0.717) is 61.8 Å². The first-order valence-corrected chi connectivity index (χ1v) is 13.4. The van der Waals surface area contributed by atoms with Gasteiger partial charge in [0.05, 0.1) is 31.0 Å². The number of aliphatic hydroxyl groups excluding tert-OH is 1. The van der Waals surface area contributed by atoms with Crippen LogP contribution in [0.1, 0.15) is 56.8 Å². The van der Waals surface area contributed by atoms with Gasteiger partial charge in [0.2, 0.25) is 0 Å². The van der Waals surface area contributed by atoms with E-state index >= 15 is 0 Å². The van der Waals surface area contributed by atoms with Crippen molar-refractivity contribution in [2.45, 2.75) is 68.1 Å². The molecule has 2 unspecified atom stereocenters. The quantitative estimate of drug-likeness (QED) is 0.315. The zero-order chi connectivity index (χ0) is 26.3. The molecule has 2 aromatic rings. The third-order valence-corrected chi connectivity index (χ3v) is 7.84. The summed E-state index contributed by atoms with van der Waals surface area (Å²) in [7, 11) is 1.56. The first kappa shape index (κ1) is 27.5. The molecule has 4 rings (SSSR count). The molecule has 1 saturated heterocycles. The highest BCUT2D eigenvalue weighted by molar-refractivity contribution is 14.1. The van der Waals surface area contributed by atoms with Crippen molar-refractivity contribution in [3.05, 3.63) is 47.3 Å². The van der Waals surface area contributed by atoms with Crippen molar-refractivity contribution >= 4 is 22.6 Å². The second kappa shape index (κ2) is 10.7. The lowest BCUT2D eigenvalue weighted by atomic mass is 9.80. The number of aliphatic hydroxyl groups is 1. The highest BCUT2D eigenvalue weighted by Crippen LogP contribution is 2.46. The lowest BCUT2D eigenvalue weighted by molar-refractivity contribution is -0.0783. The smallest absolute Gasteiger partial charge is 0.251 e. The molecular formula is C26H35F3IN3O3. The van der Waals surface area contributed by atoms with Crippen LogP contribution >= 0.6 is 22.6 Å². The molecule has 36 heavy (non-hydrogen) atoms. The minimum absolute atomic E-state index is 0.0124. The summed E-state index contributed by atoms with van der Waals surface area (Å²) in [5.41, 5.74) is 1.50. The van der Waals surface area contributed by atoms with Gasteiger partial charge in [0.1, 0.15) is 6.23 Å². The molecule has 0 amide bonds. The van der Waals surface area contributed by atoms with Crippen LogP contribution in [0, 0.1) is 0 Å². The van der Waals surface area contributed by atoms with Crippen molar-refractivity contribution in [2.75, 3.05) is 33.3 Å². The molecule has 0 radical (unpaired) electrons. The van der Waals surface area contributed by atoms with Gasteiger partial charge in [-0.05, 0) is 86.0 Å². The molecule has 1 N–H and O–H groups in total. The average molecular weight is 621 g/mol. The van der Waals surface area contributed by atoms with Crippen molar-refractivity contribution in [3.8, 4) is 11.5 Å². The van der Waals surface area contributed by atoms with E-state index in [0.717, 1.165) is 5.69 Å². The molecule has 1 fully saturated rings. The van der Waals surface area contributed by atoms with Crippen LogP contribution in [-0.4, -0.2) is 65.3 Å². The Labute approximate surface area is 224 Å². The maximum absolute atomic E-state index is 14.9. The molecule has 3 heterocycles. The minimum Gasteiger partial charge on any atom is -0.493 e. The van der Waals surface area contributed by atoms with Crippen LogP contribution in [0.5, 0.6) is 11.5 Å². The van der Waals surface area contributed by atoms with Gasteiger partial charge in [-0.15, -0.1) is 0 Å². The van der Waals surface area contributed by atoms with E-state index in [1.54, 1.807) is 47.9 Å². The fraction of sp³-hybridized carbons (Fsp3) is 0.615. The largest absolute Gasteiger partial charge is 0.493 e. The minimum atomic E-state index is -2.46. The van der Waals surface area contributed by atoms with Crippen LogP contribution in [0.15, 0.2) is 30.3 Å². The Morgan fingerprint density at radius 2 is 1.78 bits per heavy atom. The van der Waals surface area contributed by atoms with E-state index in [-0.39, 0.29) is 12.6 Å². The molecule has 2 aliphatic rings. The van der Waals surface area contributed by atoms with Gasteiger partial charge in [0, 0.05) is 31.9 Å². The van der Waals surface area contributed by atoms with Crippen molar-refractivity contribution < 1.29 is 27.8 Å². The Bertz CT molecular complexity index is 1050. The van der Waals surface area contributed by atoms with Gasteiger partial charge in [0.15, 0.2) is 15.2 Å². The Morgan fingerprint density at radius 3 is 2.36 bits per heavy atom. The third kappa shape index (κ3) is 5.37. The molecule has 2 aliphatic heterocycles. The van der Waals surface area contributed by atoms with Crippen LogP contribution < -0.4 is 9.47 Å². The summed E-state index contributed by atoms with van der Waals surface area (Å²) in [6.45, 7) is 6.97. The molecule has 0 aliphatic carbocycles. The highest BCUT2D eigenvalue weighted by atomic mass is 127. The summed E-state index contributed by atoms with van der Waals surface area (Å²) < 4.78 is 53.7. The van der Waals surface area contributed by atoms with E-state index in [9.17, 15) is 18.3 Å². The van der Waals surface area contributed by atoms with E-state index in [1.165, 1.54) is 6.92 Å². The predicted molar refractivity (Wildman–Crippen MR) is 141 cm³/mol. The summed E-state index contributed by atoms with van der Waals surface area (Å²) in [5, 5.41) is 11.2. The summed E-state index contributed by atoms with van der Waals surface area (Å²) in [6, 6.07) is 9.06. The normalized spacial score (nSPS) is 21.0. The van der Waals surface area contributed by atoms with E-state index < -0.39 is 21.9 Å². The van der Waals surface area contributed by atoms with E-state index in [2.05, 4.69) is 0 Å². The molecular weight excluding hydrogens is 586 g/mol. The van der Waals surface area contributed by atoms with Crippen molar-refractivity contribution in [1.29, 1.82) is 0 Å². The maximum Gasteiger partial charge on any atom is 0.251 e. The van der Waals surface area contributed by atoms with Gasteiger partial charge >= 0.3 is 0 Å². The van der Waals surface area contributed by atoms with Crippen LogP contribution in [0.25, 0.3) is 0 Å². The monoisotopic (exact) mass is 621 g/mol. The second-order valence-corrected chi connectivity index (χ2v) is 12.0. The van der Waals surface area contributed by atoms with Gasteiger partial charge < -0.3 is 19.1 Å². The van der Waals surface area contributed by atoms with Crippen LogP contribution in [-0.2, 0) is 15.8 Å². The fourth-order valence-corrected chi connectivity index (χ4v) is 6.12. The number of ether oxygens (including phenoxy) is 2. The molecule has 6 nitrogen and oxygen atoms in total. The number of benzene rings is 1. The number of fused-ring (bicyclic) bond motifs is 2. The number of hydrogen-bond acceptors (Lipinski definition) is 5. The van der Waals surface area contributed by atoms with Gasteiger partial charge in [-0.1, -0.05) is 6.07 Å². The molecule has 1 spiro atoms. The van der Waals surface area contributed by atoms with Crippen molar-refractivity contribution in [1.82, 2.24) is 14.4 Å². The summed E-state index contributed by atoms with van der Waals surface area (Å²) in [4.78, 5) is 3.81. The first-order chi connectivity index (χ1) is 17.0. The lowest BCUT2D eigenvalue weighted by Crippen LogP contribution is -2.58. The SMILES string of the molecule is COc1cc(C(O)N2CCC3(CC2)c2ccc(C(C)(F)I)n2CCN3CC(F)F)ccc1OC(C)C. The van der Waals surface area contributed by atoms with Crippen LogP contribution in [0.2, 0.25) is 0 Å². The van der Waals surface area contributed by atoms with E-state index in [1.807, 2.05) is 40.3 Å². The number of rotatable bonds is 8. The average Bonchev–Trinajstić information content (AvgIpc) is 3.27. The first-order valence-electron chi connectivity index (χ1n) is 12.3. The van der Waals surface area contributed by atoms with Gasteiger partial charge in [-0.25, -0.2) is 13.2 Å². The maximum atomic E-state index is 14.9. The van der Waals surface area contributed by atoms with Gasteiger partial charge in [0.25, 0.3) is 6.43 Å². The summed E-state index contributed by atoms with van der Waals surface area (Å²) in [6.07, 6.45) is -2.24. The highest BCUT2D eigenvalue weighted by Gasteiger charge is 2.48. The van der Waals surface area contributed by atoms with E-state index in [4.69, 9.17) is 9.47 Å². The summed E-state index contributed by atoms with van der Waals surface area (Å²) in [5.74, 6) is 1.15. The van der Waals surface area contributed by atoms with Gasteiger partial charge in [-0.3, -0.25) is 9.80 Å². The standard InChI is InChI=1S/C26H35F3IN3O3/c1-17(2)36-19-6-5-18(15-20(19)35-4)24(34)31-11-9-26(10-12-31)22-8-7-21(25(3,29)30)33(22)14-13-32(26)16-23(27)28/h5-8,15,17,23-24,34H,9-14,16H2,1-4H3. The number of halogens is 4. The van der Waals surface area contributed by atoms with Crippen molar-refractivity contribution in [2.24, 2.45) is 0 Å². The topological polar surface area (TPSA) is 50.1 Å². The predicted octanol–water partition coefficient (Wildman–Crippen LogP) is 5.42. The Hall–Kier alpha value is -1.50. The van der Waals surface area contributed by atoms with Gasteiger partial charge in [-0.2, -0.15) is 0 Å². The number of hydrogen-bond donors (Lipinski definition) is 1. The molecule has 1 aromatic carbocycles. The van der Waals surface area contributed by atoms with Crippen LogP contribution in [0.3, 0.4) is 0 Å². The number of likely N-dealkylation sites (tertiary alicyclic amines) is 1. The Morgan fingerprint density at radius 1 is 1.08 bits per heavy atom. The number of methoxy groups -OCH3 is 1. The third-order valence-electron chi connectivity index (χ3n) is 7.28. The zero-order valence-corrected chi connectivity index (χ0v) is 23.3. The van der Waals surface area contributed by atoms with Crippen LogP contribution in [0.4, 0.5) is 13.2 Å². The molecule has 2 atom stereocenters. The lowest BCUT2D eigenvalue weighted by Gasteiger charge is -2.52. The van der Waals surface area contributed by atoms with Crippen molar-refractivity contribution in [3.63, 3.8) is 0 Å². The molecule has 0 bridgehead atoms. The number of alkyl halides is 4. The Balaban J connectivity index is 1.58. The molecule has 10 heteroatoms. The Kier molecular flexibility index (Phi) is 8.19. The number of aromatic nitrogens is 1. The number of piperidine rings is 1. The zero-order valence-electron chi connectivity index (χ0n) is 21.2. The number of nitrogens with zero attached hydrogens (tertiary/aromatic N) is 3. The summed E-state index contributed by atoms with van der Waals surface area (Å²) >= 11 is 1.78. The molecule has 0 saturated carbocycles. The molecule has 200 valence electrons. The second-order valence-electron chi connectivity index (χ2n) is 10.00. The molecule has 1 aromatic heterocycles. The fourth-order valence-electron chi connectivity index (χ4n) is 5.65.